The Labute approximate surface area is 86.1 Å². The van der Waals surface area contributed by atoms with Crippen molar-refractivity contribution >= 4 is 0 Å². The van der Waals surface area contributed by atoms with Gasteiger partial charge in [0.05, 0.1) is 6.17 Å². The third-order valence-corrected chi connectivity index (χ3v) is 2.63. The highest BCUT2D eigenvalue weighted by Gasteiger charge is 2.17. The molecule has 2 rings (SSSR count). The quantitative estimate of drug-likeness (QED) is 0.576. The summed E-state index contributed by atoms with van der Waals surface area (Å²) in [6.45, 7) is 1.04. The summed E-state index contributed by atoms with van der Waals surface area (Å²) in [6, 6.07) is 0. The van der Waals surface area contributed by atoms with Gasteiger partial charge in [0.15, 0.2) is 0 Å². The molecule has 0 amide bonds. The first-order valence-corrected chi connectivity index (χ1v) is 5.00. The minimum Gasteiger partial charge on any atom is -0.326 e. The van der Waals surface area contributed by atoms with Crippen LogP contribution in [0.15, 0.2) is 15.8 Å². The van der Waals surface area contributed by atoms with Crippen LogP contribution >= 0.6 is 0 Å². The molecule has 4 N–H and O–H groups in total. The molecule has 6 heteroatoms. The lowest BCUT2D eigenvalue weighted by molar-refractivity contribution is 0.444. The molecule has 2 heterocycles. The van der Waals surface area contributed by atoms with E-state index in [9.17, 15) is 9.59 Å². The first kappa shape index (κ1) is 10.1. The van der Waals surface area contributed by atoms with Gasteiger partial charge in [-0.1, -0.05) is 0 Å². The fourth-order valence-corrected chi connectivity index (χ4v) is 1.81. The molecular weight excluding hydrogens is 196 g/mol. The van der Waals surface area contributed by atoms with Gasteiger partial charge in [-0.2, -0.15) is 0 Å². The van der Waals surface area contributed by atoms with Crippen molar-refractivity contribution in [3.63, 3.8) is 0 Å². The Hall–Kier alpha value is -1.40. The van der Waals surface area contributed by atoms with E-state index in [1.807, 2.05) is 0 Å². The summed E-state index contributed by atoms with van der Waals surface area (Å²) in [6.07, 6.45) is 3.47. The number of hydrogen-bond donors (Lipinski definition) is 3. The summed E-state index contributed by atoms with van der Waals surface area (Å²) >= 11 is 0. The molecule has 1 saturated heterocycles. The van der Waals surface area contributed by atoms with E-state index in [1.54, 1.807) is 6.20 Å². The number of rotatable bonds is 2. The van der Waals surface area contributed by atoms with Gasteiger partial charge in [-0.05, 0) is 19.4 Å². The van der Waals surface area contributed by atoms with Crippen molar-refractivity contribution < 1.29 is 0 Å². The molecule has 1 aromatic heterocycles. The molecule has 1 atom stereocenters. The molecule has 1 aliphatic rings. The average Bonchev–Trinajstić information content (AvgIpc) is 2.71. The Balaban J connectivity index is 2.46. The molecule has 15 heavy (non-hydrogen) atoms. The lowest BCUT2D eigenvalue weighted by Gasteiger charge is -2.13. The zero-order valence-electron chi connectivity index (χ0n) is 8.32. The van der Waals surface area contributed by atoms with E-state index in [-0.39, 0.29) is 18.4 Å². The van der Waals surface area contributed by atoms with E-state index in [1.165, 1.54) is 4.57 Å². The number of hydrogen-bond acceptors (Lipinski definition) is 4. The monoisotopic (exact) mass is 210 g/mol. The Kier molecular flexibility index (Phi) is 2.70. The number of aromatic nitrogens is 2. The lowest BCUT2D eigenvalue weighted by atomic mass is 10.3. The normalized spacial score (nSPS) is 20.7. The van der Waals surface area contributed by atoms with Gasteiger partial charge < -0.3 is 5.73 Å². The predicted molar refractivity (Wildman–Crippen MR) is 55.5 cm³/mol. The summed E-state index contributed by atoms with van der Waals surface area (Å²) in [5, 5.41) is 3.18. The van der Waals surface area contributed by atoms with Crippen molar-refractivity contribution in [1.29, 1.82) is 0 Å². The van der Waals surface area contributed by atoms with E-state index in [0.717, 1.165) is 19.4 Å². The van der Waals surface area contributed by atoms with Crippen LogP contribution in [0.4, 0.5) is 0 Å². The topological polar surface area (TPSA) is 92.9 Å². The summed E-state index contributed by atoms with van der Waals surface area (Å²) in [5.41, 5.74) is 5.08. The van der Waals surface area contributed by atoms with Gasteiger partial charge in [0.2, 0.25) is 0 Å². The van der Waals surface area contributed by atoms with Crippen LogP contribution in [-0.2, 0) is 6.54 Å². The van der Waals surface area contributed by atoms with Crippen LogP contribution in [0.3, 0.4) is 0 Å². The second kappa shape index (κ2) is 4.00. The minimum atomic E-state index is -0.392. The molecule has 1 unspecified atom stereocenters. The van der Waals surface area contributed by atoms with Gasteiger partial charge in [0.1, 0.15) is 0 Å². The van der Waals surface area contributed by atoms with Crippen molar-refractivity contribution in [2.75, 3.05) is 6.54 Å². The maximum absolute atomic E-state index is 11.5. The fourth-order valence-electron chi connectivity index (χ4n) is 1.81. The predicted octanol–water partition coefficient (Wildman–Crippen LogP) is -1.12. The van der Waals surface area contributed by atoms with Crippen molar-refractivity contribution in [3.8, 4) is 0 Å². The van der Waals surface area contributed by atoms with E-state index in [2.05, 4.69) is 10.3 Å². The Bertz CT molecular complexity index is 456. The Morgan fingerprint density at radius 2 is 2.33 bits per heavy atom. The molecule has 1 aliphatic heterocycles. The maximum atomic E-state index is 11.5. The van der Waals surface area contributed by atoms with Gasteiger partial charge in [-0.3, -0.25) is 19.7 Å². The van der Waals surface area contributed by atoms with Crippen molar-refractivity contribution in [1.82, 2.24) is 14.9 Å². The van der Waals surface area contributed by atoms with Gasteiger partial charge in [0.25, 0.3) is 5.56 Å². The van der Waals surface area contributed by atoms with Crippen LogP contribution in [0.1, 0.15) is 24.6 Å². The van der Waals surface area contributed by atoms with E-state index in [4.69, 9.17) is 5.73 Å². The van der Waals surface area contributed by atoms with Crippen LogP contribution in [0.5, 0.6) is 0 Å². The molecule has 82 valence electrons. The number of nitrogens with two attached hydrogens (primary N) is 1. The number of nitrogens with zero attached hydrogens (tertiary/aromatic N) is 1. The van der Waals surface area contributed by atoms with Gasteiger partial charge in [0, 0.05) is 18.3 Å². The van der Waals surface area contributed by atoms with Gasteiger partial charge >= 0.3 is 5.69 Å². The van der Waals surface area contributed by atoms with Gasteiger partial charge in [-0.15, -0.1) is 0 Å². The molecular formula is C9H14N4O2. The summed E-state index contributed by atoms with van der Waals surface area (Å²) in [5.74, 6) is 0. The average molecular weight is 210 g/mol. The SMILES string of the molecule is NCc1cn(C2CCCN2)c(=O)[nH]c1=O. The van der Waals surface area contributed by atoms with Crippen LogP contribution in [0.25, 0.3) is 0 Å². The standard InChI is InChI=1S/C9H14N4O2/c10-4-6-5-13(7-2-1-3-11-7)9(15)12-8(6)14/h5,7,11H,1-4,10H2,(H,12,14,15). The Morgan fingerprint density at radius 1 is 1.53 bits per heavy atom. The van der Waals surface area contributed by atoms with Crippen LogP contribution in [-0.4, -0.2) is 16.1 Å². The molecule has 1 fully saturated rings. The number of nitrogens with one attached hydrogen (secondary N) is 2. The van der Waals surface area contributed by atoms with E-state index < -0.39 is 5.56 Å². The highest BCUT2D eigenvalue weighted by Crippen LogP contribution is 2.13. The highest BCUT2D eigenvalue weighted by molar-refractivity contribution is 5.04. The highest BCUT2D eigenvalue weighted by atomic mass is 16.2. The van der Waals surface area contributed by atoms with Crippen molar-refractivity contribution in [2.24, 2.45) is 5.73 Å². The molecule has 0 aromatic carbocycles. The first-order chi connectivity index (χ1) is 7.22. The number of aromatic amines is 1. The summed E-state index contributed by atoms with van der Waals surface area (Å²) in [4.78, 5) is 25.1. The molecule has 0 saturated carbocycles. The zero-order chi connectivity index (χ0) is 10.8. The second-order valence-electron chi connectivity index (χ2n) is 3.64. The minimum absolute atomic E-state index is 0.0142. The molecule has 1 aromatic rings. The molecule has 6 nitrogen and oxygen atoms in total. The van der Waals surface area contributed by atoms with Crippen LogP contribution in [0.2, 0.25) is 0 Å². The van der Waals surface area contributed by atoms with Crippen molar-refractivity contribution in [2.45, 2.75) is 25.6 Å². The van der Waals surface area contributed by atoms with E-state index in [0.29, 0.717) is 5.56 Å². The second-order valence-corrected chi connectivity index (χ2v) is 3.64. The van der Waals surface area contributed by atoms with Crippen molar-refractivity contribution in [3.05, 3.63) is 32.6 Å². The molecule has 0 radical (unpaired) electrons. The molecule has 0 spiro atoms. The largest absolute Gasteiger partial charge is 0.329 e. The zero-order valence-corrected chi connectivity index (χ0v) is 8.32. The third kappa shape index (κ3) is 1.86. The Morgan fingerprint density at radius 3 is 2.93 bits per heavy atom. The van der Waals surface area contributed by atoms with E-state index >= 15 is 0 Å². The van der Waals surface area contributed by atoms with Crippen LogP contribution in [0, 0.1) is 0 Å². The fraction of sp³-hybridized carbons (Fsp3) is 0.556. The first-order valence-electron chi connectivity index (χ1n) is 5.00. The van der Waals surface area contributed by atoms with Gasteiger partial charge in [-0.25, -0.2) is 4.79 Å². The lowest BCUT2D eigenvalue weighted by Crippen LogP contribution is -2.37. The summed E-state index contributed by atoms with van der Waals surface area (Å²) < 4.78 is 1.51. The smallest absolute Gasteiger partial charge is 0.326 e. The molecule has 0 bridgehead atoms. The summed E-state index contributed by atoms with van der Waals surface area (Å²) in [7, 11) is 0. The molecule has 0 aliphatic carbocycles. The third-order valence-electron chi connectivity index (χ3n) is 2.63. The van der Waals surface area contributed by atoms with Crippen LogP contribution < -0.4 is 22.3 Å². The number of H-pyrrole nitrogens is 1. The maximum Gasteiger partial charge on any atom is 0.329 e.